The van der Waals surface area contributed by atoms with Gasteiger partial charge in [0.05, 0.1) is 11.4 Å². The predicted octanol–water partition coefficient (Wildman–Crippen LogP) is 13.7. The molecule has 2 nitrogen and oxygen atoms in total. The van der Waals surface area contributed by atoms with E-state index in [1.54, 1.807) is 5.56 Å². The summed E-state index contributed by atoms with van der Waals surface area (Å²) in [7, 11) is 0. The van der Waals surface area contributed by atoms with Crippen molar-refractivity contribution in [2.45, 2.75) is 37.5 Å². The van der Waals surface area contributed by atoms with Gasteiger partial charge in [-0.05, 0) is 86.7 Å². The lowest BCUT2D eigenvalue weighted by atomic mass is 9.67. The van der Waals surface area contributed by atoms with Gasteiger partial charge in [0.1, 0.15) is 0 Å². The molecule has 0 radical (unpaired) electrons. The fourth-order valence-electron chi connectivity index (χ4n) is 8.97. The summed E-state index contributed by atoms with van der Waals surface area (Å²) in [6, 6.07) is 65.7. The highest BCUT2D eigenvalue weighted by Crippen LogP contribution is 2.56. The number of nitrogens with zero attached hydrogens (tertiary/aromatic N) is 2. The average molecular weight is 693 g/mol. The van der Waals surface area contributed by atoms with E-state index in [9.17, 15) is 0 Å². The Morgan fingerprint density at radius 2 is 0.778 bits per heavy atom. The van der Waals surface area contributed by atoms with Gasteiger partial charge in [-0.1, -0.05) is 183 Å². The fourth-order valence-corrected chi connectivity index (χ4v) is 8.97. The van der Waals surface area contributed by atoms with Crippen molar-refractivity contribution >= 4 is 0 Å². The molecule has 0 N–H and O–H groups in total. The zero-order chi connectivity index (χ0) is 35.9. The van der Waals surface area contributed by atoms with Crippen LogP contribution in [0.3, 0.4) is 0 Å². The van der Waals surface area contributed by atoms with Crippen molar-refractivity contribution in [1.29, 1.82) is 0 Å². The summed E-state index contributed by atoms with van der Waals surface area (Å²) in [5.74, 6) is 0.718. The lowest BCUT2D eigenvalue weighted by Gasteiger charge is -2.36. The molecule has 0 saturated heterocycles. The Morgan fingerprint density at radius 1 is 0.315 bits per heavy atom. The van der Waals surface area contributed by atoms with Gasteiger partial charge in [-0.25, -0.2) is 9.97 Å². The molecule has 2 heteroatoms. The molecule has 2 aliphatic carbocycles. The van der Waals surface area contributed by atoms with Crippen molar-refractivity contribution in [2.24, 2.45) is 0 Å². The first-order valence-electron chi connectivity index (χ1n) is 19.3. The molecule has 8 aromatic rings. The van der Waals surface area contributed by atoms with E-state index >= 15 is 0 Å². The molecule has 1 fully saturated rings. The molecule has 54 heavy (non-hydrogen) atoms. The van der Waals surface area contributed by atoms with E-state index in [1.165, 1.54) is 71.0 Å². The normalized spacial score (nSPS) is 14.1. The minimum atomic E-state index is 0.172. The molecule has 10 rings (SSSR count). The Hall–Kier alpha value is -6.38. The Balaban J connectivity index is 0.923. The summed E-state index contributed by atoms with van der Waals surface area (Å²) in [5.41, 5.74) is 18.4. The summed E-state index contributed by atoms with van der Waals surface area (Å²) in [6.07, 6.45) is 6.48. The van der Waals surface area contributed by atoms with Gasteiger partial charge in [-0.3, -0.25) is 0 Å². The lowest BCUT2D eigenvalue weighted by molar-refractivity contribution is 0.353. The topological polar surface area (TPSA) is 25.8 Å². The van der Waals surface area contributed by atoms with Crippen LogP contribution in [0.4, 0.5) is 0 Å². The van der Waals surface area contributed by atoms with Crippen LogP contribution in [-0.4, -0.2) is 9.97 Å². The van der Waals surface area contributed by atoms with E-state index in [0.29, 0.717) is 0 Å². The van der Waals surface area contributed by atoms with Gasteiger partial charge in [0, 0.05) is 22.1 Å². The molecule has 258 valence electrons. The molecule has 2 aliphatic rings. The number of benzene rings is 7. The largest absolute Gasteiger partial charge is 0.228 e. The van der Waals surface area contributed by atoms with E-state index in [1.807, 2.05) is 12.1 Å². The summed E-state index contributed by atoms with van der Waals surface area (Å²) in [4.78, 5) is 10.1. The minimum Gasteiger partial charge on any atom is -0.228 e. The molecule has 7 aromatic carbocycles. The zero-order valence-corrected chi connectivity index (χ0v) is 30.3. The van der Waals surface area contributed by atoms with Crippen molar-refractivity contribution in [3.05, 3.63) is 193 Å². The minimum absolute atomic E-state index is 0.172. The van der Waals surface area contributed by atoms with E-state index in [-0.39, 0.29) is 5.41 Å². The molecule has 0 aliphatic heterocycles. The third-order valence-electron chi connectivity index (χ3n) is 11.7. The Labute approximate surface area is 317 Å². The molecule has 1 spiro atoms. The highest BCUT2D eigenvalue weighted by atomic mass is 14.9. The molecule has 1 heterocycles. The molecular formula is C52H40N2. The van der Waals surface area contributed by atoms with Crippen molar-refractivity contribution < 1.29 is 0 Å². The third kappa shape index (κ3) is 5.76. The number of hydrogen-bond acceptors (Lipinski definition) is 2. The van der Waals surface area contributed by atoms with Crippen LogP contribution in [0.5, 0.6) is 0 Å². The van der Waals surface area contributed by atoms with Gasteiger partial charge in [0.25, 0.3) is 0 Å². The second kappa shape index (κ2) is 13.5. The quantitative estimate of drug-likeness (QED) is 0.173. The summed E-state index contributed by atoms with van der Waals surface area (Å²) in [5, 5.41) is 0. The van der Waals surface area contributed by atoms with Gasteiger partial charge in [-0.2, -0.15) is 0 Å². The molecule has 1 aromatic heterocycles. The smallest absolute Gasteiger partial charge is 0.160 e. The predicted molar refractivity (Wildman–Crippen MR) is 224 cm³/mol. The van der Waals surface area contributed by atoms with E-state index < -0.39 is 0 Å². The van der Waals surface area contributed by atoms with Crippen molar-refractivity contribution in [1.82, 2.24) is 9.97 Å². The van der Waals surface area contributed by atoms with Gasteiger partial charge < -0.3 is 0 Å². The second-order valence-corrected chi connectivity index (χ2v) is 14.9. The molecular weight excluding hydrogens is 653 g/mol. The average Bonchev–Trinajstić information content (AvgIpc) is 3.52. The monoisotopic (exact) mass is 692 g/mol. The second-order valence-electron chi connectivity index (χ2n) is 14.9. The van der Waals surface area contributed by atoms with Crippen LogP contribution in [0.25, 0.3) is 78.4 Å². The number of rotatable bonds is 6. The molecule has 0 unspecified atom stereocenters. The van der Waals surface area contributed by atoms with Crippen molar-refractivity contribution in [3.8, 4) is 78.4 Å². The van der Waals surface area contributed by atoms with Crippen LogP contribution in [0, 0.1) is 0 Å². The van der Waals surface area contributed by atoms with Gasteiger partial charge in [0.15, 0.2) is 5.82 Å². The highest BCUT2D eigenvalue weighted by Gasteiger charge is 2.43. The van der Waals surface area contributed by atoms with Crippen LogP contribution in [0.1, 0.15) is 43.2 Å². The zero-order valence-electron chi connectivity index (χ0n) is 30.3. The first-order valence-corrected chi connectivity index (χ1v) is 19.3. The number of fused-ring (bicyclic) bond motifs is 5. The van der Waals surface area contributed by atoms with Gasteiger partial charge >= 0.3 is 0 Å². The van der Waals surface area contributed by atoms with Crippen LogP contribution >= 0.6 is 0 Å². The maximum atomic E-state index is 5.05. The van der Waals surface area contributed by atoms with Crippen molar-refractivity contribution in [3.63, 3.8) is 0 Å². The van der Waals surface area contributed by atoms with Gasteiger partial charge in [0.2, 0.25) is 0 Å². The Bertz CT molecular complexity index is 2540. The summed E-state index contributed by atoms with van der Waals surface area (Å²) in [6.45, 7) is 0. The van der Waals surface area contributed by atoms with E-state index in [2.05, 4.69) is 170 Å². The molecule has 0 bridgehead atoms. The maximum Gasteiger partial charge on any atom is 0.160 e. The van der Waals surface area contributed by atoms with E-state index in [4.69, 9.17) is 9.97 Å². The Morgan fingerprint density at radius 3 is 1.39 bits per heavy atom. The molecule has 1 saturated carbocycles. The standard InChI is InChI=1S/C52H40N2/c1-4-13-40(14-5-1)49-35-50(41-15-6-2-7-16-41)54-51(53-49)44-18-12-17-42(33-44)38-25-21-36(22-26-38)37-23-27-39(28-24-37)43-29-30-46-45-19-8-9-20-47(45)52(48(46)34-43)31-10-3-11-32-52/h1-2,4-9,12-30,33-35H,3,10-11,31-32H2. The van der Waals surface area contributed by atoms with Crippen LogP contribution < -0.4 is 0 Å². The third-order valence-corrected chi connectivity index (χ3v) is 11.7. The summed E-state index contributed by atoms with van der Waals surface area (Å²) < 4.78 is 0. The van der Waals surface area contributed by atoms with Crippen LogP contribution in [0.15, 0.2) is 182 Å². The van der Waals surface area contributed by atoms with E-state index in [0.717, 1.165) is 45.0 Å². The first kappa shape index (κ1) is 32.3. The molecule has 0 atom stereocenters. The Kier molecular flexibility index (Phi) is 8.10. The highest BCUT2D eigenvalue weighted by molar-refractivity contribution is 5.84. The fraction of sp³-hybridized carbons (Fsp3) is 0.115. The first-order chi connectivity index (χ1) is 26.7. The SMILES string of the molecule is c1ccc(-c2cc(-c3ccccc3)nc(-c3cccc(-c4ccc(-c5ccc(-c6ccc7c(c6)C6(CCCCC6)c6ccccc6-7)cc5)cc4)c3)n2)cc1. The van der Waals surface area contributed by atoms with Crippen LogP contribution in [0.2, 0.25) is 0 Å². The number of aromatic nitrogens is 2. The molecule has 0 amide bonds. The van der Waals surface area contributed by atoms with Gasteiger partial charge in [-0.15, -0.1) is 0 Å². The summed E-state index contributed by atoms with van der Waals surface area (Å²) >= 11 is 0. The number of hydrogen-bond donors (Lipinski definition) is 0. The maximum absolute atomic E-state index is 5.05. The lowest BCUT2D eigenvalue weighted by Crippen LogP contribution is -2.28. The van der Waals surface area contributed by atoms with Crippen LogP contribution in [-0.2, 0) is 5.41 Å². The van der Waals surface area contributed by atoms with Crippen molar-refractivity contribution in [2.75, 3.05) is 0 Å².